The van der Waals surface area contributed by atoms with Gasteiger partial charge in [0.2, 0.25) is 5.91 Å². The monoisotopic (exact) mass is 396 g/mol. The number of carbonyl (C=O) groups excluding carboxylic acids is 1. The quantitative estimate of drug-likeness (QED) is 0.690. The Morgan fingerprint density at radius 3 is 2.83 bits per heavy atom. The topological polar surface area (TPSA) is 59.8 Å². The van der Waals surface area contributed by atoms with E-state index in [1.807, 2.05) is 4.57 Å². The molecule has 29 heavy (non-hydrogen) atoms. The van der Waals surface area contributed by atoms with Gasteiger partial charge in [0.05, 0.1) is 5.56 Å². The van der Waals surface area contributed by atoms with Gasteiger partial charge >= 0.3 is 0 Å². The molecule has 4 rings (SSSR count). The molecule has 0 fully saturated rings. The summed E-state index contributed by atoms with van der Waals surface area (Å²) in [6.45, 7) is 0.765. The summed E-state index contributed by atoms with van der Waals surface area (Å²) in [5, 5.41) is 11.2. The van der Waals surface area contributed by atoms with Crippen LogP contribution in [0.15, 0.2) is 42.5 Å². The molecule has 0 atom stereocenters. The highest BCUT2D eigenvalue weighted by molar-refractivity contribution is 5.91. The number of carbonyl (C=O) groups is 1. The summed E-state index contributed by atoms with van der Waals surface area (Å²) in [6.07, 6.45) is 4.65. The number of aryl methyl sites for hydroxylation is 2. The Labute approximate surface area is 167 Å². The Balaban J connectivity index is 1.49. The number of hydrogen-bond acceptors (Lipinski definition) is 3. The lowest BCUT2D eigenvalue weighted by molar-refractivity contribution is -0.116. The Bertz CT molecular complexity index is 1030. The van der Waals surface area contributed by atoms with Crippen molar-refractivity contribution in [3.63, 3.8) is 0 Å². The van der Waals surface area contributed by atoms with Crippen LogP contribution in [0.2, 0.25) is 0 Å². The van der Waals surface area contributed by atoms with E-state index < -0.39 is 5.82 Å². The molecule has 0 unspecified atom stereocenters. The van der Waals surface area contributed by atoms with Crippen molar-refractivity contribution in [2.75, 3.05) is 5.32 Å². The molecule has 1 amide bonds. The van der Waals surface area contributed by atoms with E-state index in [0.717, 1.165) is 43.6 Å². The fourth-order valence-corrected chi connectivity index (χ4v) is 3.63. The molecule has 150 valence electrons. The number of anilines is 1. The number of rotatable bonds is 5. The molecule has 1 aliphatic rings. The van der Waals surface area contributed by atoms with Crippen molar-refractivity contribution in [1.29, 1.82) is 0 Å². The van der Waals surface area contributed by atoms with Crippen molar-refractivity contribution >= 4 is 11.6 Å². The molecule has 7 heteroatoms. The van der Waals surface area contributed by atoms with Gasteiger partial charge in [-0.1, -0.05) is 18.6 Å². The predicted molar refractivity (Wildman–Crippen MR) is 106 cm³/mol. The third-order valence-corrected chi connectivity index (χ3v) is 5.13. The molecule has 0 bridgehead atoms. The first-order chi connectivity index (χ1) is 14.1. The SMILES string of the molecule is O=C(CCc1cccc(F)c1)Nc1ccc(F)c(-c2nnc3n2CCCCC3)c1. The average molecular weight is 396 g/mol. The minimum atomic E-state index is -0.401. The van der Waals surface area contributed by atoms with E-state index in [1.165, 1.54) is 24.3 Å². The van der Waals surface area contributed by atoms with Crippen LogP contribution in [0, 0.1) is 11.6 Å². The zero-order valence-corrected chi connectivity index (χ0v) is 16.0. The van der Waals surface area contributed by atoms with Crippen molar-refractivity contribution < 1.29 is 13.6 Å². The number of fused-ring (bicyclic) bond motifs is 1. The zero-order valence-electron chi connectivity index (χ0n) is 16.0. The Hall–Kier alpha value is -3.09. The third-order valence-electron chi connectivity index (χ3n) is 5.13. The number of halogens is 2. The number of nitrogens with zero attached hydrogens (tertiary/aromatic N) is 3. The average Bonchev–Trinajstić information content (AvgIpc) is 2.95. The Morgan fingerprint density at radius 2 is 1.97 bits per heavy atom. The Morgan fingerprint density at radius 1 is 1.07 bits per heavy atom. The van der Waals surface area contributed by atoms with Gasteiger partial charge in [-0.05, 0) is 55.2 Å². The Kier molecular flexibility index (Phi) is 5.64. The molecule has 0 saturated heterocycles. The lowest BCUT2D eigenvalue weighted by atomic mass is 10.1. The molecule has 2 heterocycles. The van der Waals surface area contributed by atoms with Crippen LogP contribution in [-0.4, -0.2) is 20.7 Å². The molecule has 5 nitrogen and oxygen atoms in total. The maximum Gasteiger partial charge on any atom is 0.224 e. The number of amides is 1. The summed E-state index contributed by atoms with van der Waals surface area (Å²) in [7, 11) is 0. The lowest BCUT2D eigenvalue weighted by Crippen LogP contribution is -2.13. The fraction of sp³-hybridized carbons (Fsp3) is 0.318. The van der Waals surface area contributed by atoms with E-state index in [-0.39, 0.29) is 18.1 Å². The van der Waals surface area contributed by atoms with Crippen LogP contribution in [-0.2, 0) is 24.2 Å². The van der Waals surface area contributed by atoms with E-state index in [9.17, 15) is 13.6 Å². The molecule has 0 radical (unpaired) electrons. The highest BCUT2D eigenvalue weighted by atomic mass is 19.1. The van der Waals surface area contributed by atoms with Crippen molar-refractivity contribution in [2.45, 2.75) is 45.1 Å². The molecule has 0 spiro atoms. The second kappa shape index (κ2) is 8.51. The number of aromatic nitrogens is 3. The molecule has 1 aromatic heterocycles. The maximum atomic E-state index is 14.5. The standard InChI is InChI=1S/C22H22F2N4O/c23-16-6-4-5-15(13-16)8-11-21(29)25-17-9-10-19(24)18(14-17)22-27-26-20-7-2-1-3-12-28(20)22/h4-6,9-10,13-14H,1-3,7-8,11-12H2,(H,25,29). The zero-order chi connectivity index (χ0) is 20.2. The van der Waals surface area contributed by atoms with Crippen LogP contribution < -0.4 is 5.32 Å². The molecule has 2 aromatic carbocycles. The van der Waals surface area contributed by atoms with Crippen LogP contribution in [0.5, 0.6) is 0 Å². The molecule has 0 saturated carbocycles. The number of benzene rings is 2. The highest BCUT2D eigenvalue weighted by Gasteiger charge is 2.19. The summed E-state index contributed by atoms with van der Waals surface area (Å²) < 4.78 is 29.7. The van der Waals surface area contributed by atoms with E-state index in [4.69, 9.17) is 0 Å². The first-order valence-corrected chi connectivity index (χ1v) is 9.86. The van der Waals surface area contributed by atoms with E-state index in [1.54, 1.807) is 18.2 Å². The smallest absolute Gasteiger partial charge is 0.224 e. The fourth-order valence-electron chi connectivity index (χ4n) is 3.63. The predicted octanol–water partition coefficient (Wildman–Crippen LogP) is 4.52. The van der Waals surface area contributed by atoms with Gasteiger partial charge in [-0.25, -0.2) is 8.78 Å². The second-order valence-corrected chi connectivity index (χ2v) is 7.27. The summed E-state index contributed by atoms with van der Waals surface area (Å²) in [6, 6.07) is 10.6. The van der Waals surface area contributed by atoms with Gasteiger partial charge in [0.1, 0.15) is 17.5 Å². The molecular weight excluding hydrogens is 374 g/mol. The molecule has 3 aromatic rings. The first-order valence-electron chi connectivity index (χ1n) is 9.86. The van der Waals surface area contributed by atoms with Gasteiger partial charge in [0, 0.05) is 25.1 Å². The van der Waals surface area contributed by atoms with Crippen LogP contribution in [0.4, 0.5) is 14.5 Å². The second-order valence-electron chi connectivity index (χ2n) is 7.27. The summed E-state index contributed by atoms with van der Waals surface area (Å²) >= 11 is 0. The van der Waals surface area contributed by atoms with Gasteiger partial charge in [0.25, 0.3) is 0 Å². The molecular formula is C22H22F2N4O. The van der Waals surface area contributed by atoms with Gasteiger partial charge in [0.15, 0.2) is 5.82 Å². The molecule has 0 aliphatic carbocycles. The van der Waals surface area contributed by atoms with Gasteiger partial charge in [-0.2, -0.15) is 0 Å². The van der Waals surface area contributed by atoms with E-state index in [2.05, 4.69) is 15.5 Å². The number of nitrogens with one attached hydrogen (secondary N) is 1. The van der Waals surface area contributed by atoms with Crippen molar-refractivity contribution in [3.8, 4) is 11.4 Å². The maximum absolute atomic E-state index is 14.5. The van der Waals surface area contributed by atoms with Gasteiger partial charge in [-0.15, -0.1) is 10.2 Å². The van der Waals surface area contributed by atoms with Crippen molar-refractivity contribution in [3.05, 3.63) is 65.5 Å². The largest absolute Gasteiger partial charge is 0.326 e. The van der Waals surface area contributed by atoms with Crippen LogP contribution in [0.1, 0.15) is 37.1 Å². The normalized spacial score (nSPS) is 13.6. The first kappa shape index (κ1) is 19.2. The van der Waals surface area contributed by atoms with Crippen molar-refractivity contribution in [1.82, 2.24) is 14.8 Å². The number of hydrogen-bond donors (Lipinski definition) is 1. The summed E-state index contributed by atoms with van der Waals surface area (Å²) in [5.41, 5.74) is 1.58. The van der Waals surface area contributed by atoms with Gasteiger partial charge < -0.3 is 9.88 Å². The van der Waals surface area contributed by atoms with E-state index in [0.29, 0.717) is 23.5 Å². The molecule has 1 aliphatic heterocycles. The van der Waals surface area contributed by atoms with E-state index >= 15 is 0 Å². The minimum absolute atomic E-state index is 0.205. The minimum Gasteiger partial charge on any atom is -0.326 e. The van der Waals surface area contributed by atoms with Crippen molar-refractivity contribution in [2.24, 2.45) is 0 Å². The lowest BCUT2D eigenvalue weighted by Gasteiger charge is -2.10. The summed E-state index contributed by atoms with van der Waals surface area (Å²) in [4.78, 5) is 12.3. The van der Waals surface area contributed by atoms with Crippen LogP contribution >= 0.6 is 0 Å². The van der Waals surface area contributed by atoms with Crippen LogP contribution in [0.3, 0.4) is 0 Å². The third kappa shape index (κ3) is 4.50. The highest BCUT2D eigenvalue weighted by Crippen LogP contribution is 2.27. The van der Waals surface area contributed by atoms with Gasteiger partial charge in [-0.3, -0.25) is 4.79 Å². The summed E-state index contributed by atoms with van der Waals surface area (Å²) in [5.74, 6) is 0.435. The molecule has 1 N–H and O–H groups in total. The van der Waals surface area contributed by atoms with Crippen LogP contribution in [0.25, 0.3) is 11.4 Å².